The Labute approximate surface area is 163 Å². The van der Waals surface area contributed by atoms with E-state index in [4.69, 9.17) is 16.7 Å². The van der Waals surface area contributed by atoms with E-state index in [1.165, 1.54) is 12.3 Å². The molecule has 2 aromatic heterocycles. The van der Waals surface area contributed by atoms with Crippen LogP contribution in [0.5, 0.6) is 0 Å². The van der Waals surface area contributed by atoms with Gasteiger partial charge >= 0.3 is 0 Å². The molecule has 0 aliphatic heterocycles. The maximum Gasteiger partial charge on any atom is 0.247 e. The predicted octanol–water partition coefficient (Wildman–Crippen LogP) is 2.77. The van der Waals surface area contributed by atoms with Crippen LogP contribution in [0.25, 0.3) is 0 Å². The minimum absolute atomic E-state index is 0.0506. The van der Waals surface area contributed by atoms with Gasteiger partial charge in [0.25, 0.3) is 0 Å². The Morgan fingerprint density at radius 2 is 2.16 bits per heavy atom. The van der Waals surface area contributed by atoms with Crippen LogP contribution in [-0.4, -0.2) is 36.1 Å². The molecule has 0 fully saturated rings. The third kappa shape index (κ3) is 5.25. The summed E-state index contributed by atoms with van der Waals surface area (Å²) >= 11 is 10.2. The number of rotatable bonds is 7. The van der Waals surface area contributed by atoms with Gasteiger partial charge in [-0.25, -0.2) is 18.5 Å². The number of sulfonamides is 1. The van der Waals surface area contributed by atoms with Gasteiger partial charge in [-0.2, -0.15) is 4.98 Å². The molecule has 138 valence electrons. The number of aromatic nitrogens is 2. The van der Waals surface area contributed by atoms with Crippen molar-refractivity contribution >= 4 is 66.3 Å². The van der Waals surface area contributed by atoms with Gasteiger partial charge in [-0.15, -0.1) is 11.3 Å². The highest BCUT2D eigenvalue weighted by Crippen LogP contribution is 2.36. The van der Waals surface area contributed by atoms with E-state index in [0.717, 1.165) is 11.3 Å². The molecular formula is C13H17BrClN5O3S2. The second-order valence-electron chi connectivity index (χ2n) is 5.49. The molecular weight excluding hydrogens is 454 g/mol. The second kappa shape index (κ2) is 8.14. The smallest absolute Gasteiger partial charge is 0.247 e. The van der Waals surface area contributed by atoms with Crippen molar-refractivity contribution in [2.75, 3.05) is 17.2 Å². The van der Waals surface area contributed by atoms with Crippen LogP contribution in [0.4, 0.5) is 17.5 Å². The van der Waals surface area contributed by atoms with E-state index in [1.807, 2.05) is 13.8 Å². The first-order chi connectivity index (χ1) is 11.6. The maximum absolute atomic E-state index is 11.4. The molecule has 8 nitrogen and oxygen atoms in total. The summed E-state index contributed by atoms with van der Waals surface area (Å²) in [5.41, 5.74) is 0.339. The first-order valence-corrected chi connectivity index (χ1v) is 10.6. The average molecular weight is 471 g/mol. The quantitative estimate of drug-likeness (QED) is 0.489. The van der Waals surface area contributed by atoms with E-state index in [0.29, 0.717) is 16.0 Å². The van der Waals surface area contributed by atoms with E-state index in [2.05, 4.69) is 36.5 Å². The van der Waals surface area contributed by atoms with Crippen molar-refractivity contribution in [3.05, 3.63) is 21.1 Å². The van der Waals surface area contributed by atoms with E-state index < -0.39 is 10.0 Å². The van der Waals surface area contributed by atoms with Crippen molar-refractivity contribution in [3.63, 3.8) is 0 Å². The van der Waals surface area contributed by atoms with Crippen LogP contribution in [0.3, 0.4) is 0 Å². The summed E-state index contributed by atoms with van der Waals surface area (Å²) in [5, 5.41) is 20.5. The molecule has 2 aromatic rings. The Kier molecular flexibility index (Phi) is 6.62. The van der Waals surface area contributed by atoms with Crippen molar-refractivity contribution in [3.8, 4) is 0 Å². The topological polar surface area (TPSA) is 130 Å². The number of nitrogens with one attached hydrogen (secondary N) is 2. The highest BCUT2D eigenvalue weighted by atomic mass is 79.9. The molecule has 2 rings (SSSR count). The lowest BCUT2D eigenvalue weighted by molar-refractivity contribution is 0.249. The highest BCUT2D eigenvalue weighted by molar-refractivity contribution is 9.10. The molecule has 0 aliphatic carbocycles. The number of hydrogen-bond acceptors (Lipinski definition) is 8. The van der Waals surface area contributed by atoms with E-state index in [1.54, 1.807) is 0 Å². The Bertz CT molecular complexity index is 859. The van der Waals surface area contributed by atoms with Crippen LogP contribution in [0, 0.1) is 5.92 Å². The minimum atomic E-state index is -3.83. The number of anilines is 3. The molecule has 0 aliphatic rings. The zero-order chi connectivity index (χ0) is 18.8. The fraction of sp³-hybridized carbons (Fsp3) is 0.385. The molecule has 0 spiro atoms. The van der Waals surface area contributed by atoms with Crippen molar-refractivity contribution in [1.29, 1.82) is 0 Å². The van der Waals surface area contributed by atoms with Crippen LogP contribution in [0.1, 0.15) is 13.8 Å². The van der Waals surface area contributed by atoms with Gasteiger partial charge < -0.3 is 15.7 Å². The van der Waals surface area contributed by atoms with Gasteiger partial charge in [0.05, 0.1) is 22.8 Å². The number of halogens is 2. The fourth-order valence-corrected chi connectivity index (χ4v) is 4.18. The first-order valence-electron chi connectivity index (χ1n) is 7.11. The lowest BCUT2D eigenvalue weighted by Gasteiger charge is -2.21. The standard InChI is InChI=1S/C13H17BrClN5O3S2/c1-6(2)9(5-21)18-12-7(14)4-17-13(20-12)19-8-3-10(24-11(8)15)25(16,22)23/h3-4,6,9,21H,5H2,1-2H3,(H2,16,22,23)(H2,17,18,19,20). The summed E-state index contributed by atoms with van der Waals surface area (Å²) in [7, 11) is -3.83. The van der Waals surface area contributed by atoms with Crippen molar-refractivity contribution in [2.45, 2.75) is 24.1 Å². The molecule has 1 atom stereocenters. The first kappa shape index (κ1) is 20.3. The van der Waals surface area contributed by atoms with Crippen molar-refractivity contribution in [2.24, 2.45) is 11.1 Å². The largest absolute Gasteiger partial charge is 0.394 e. The van der Waals surface area contributed by atoms with Gasteiger partial charge in [-0.3, -0.25) is 0 Å². The van der Waals surface area contributed by atoms with E-state index in [9.17, 15) is 13.5 Å². The minimum Gasteiger partial charge on any atom is -0.394 e. The average Bonchev–Trinajstić information content (AvgIpc) is 2.88. The van der Waals surface area contributed by atoms with Crippen molar-refractivity contribution in [1.82, 2.24) is 9.97 Å². The lowest BCUT2D eigenvalue weighted by atomic mass is 10.1. The molecule has 25 heavy (non-hydrogen) atoms. The number of primary sulfonamides is 1. The number of nitrogens with two attached hydrogens (primary N) is 1. The highest BCUT2D eigenvalue weighted by Gasteiger charge is 2.18. The summed E-state index contributed by atoms with van der Waals surface area (Å²) in [6.07, 6.45) is 1.54. The normalized spacial score (nSPS) is 13.1. The molecule has 0 aromatic carbocycles. The second-order valence-corrected chi connectivity index (χ2v) is 9.79. The predicted molar refractivity (Wildman–Crippen MR) is 103 cm³/mol. The molecule has 0 radical (unpaired) electrons. The van der Waals surface area contributed by atoms with Crippen LogP contribution in [0.2, 0.25) is 4.34 Å². The van der Waals surface area contributed by atoms with Gasteiger partial charge in [0.2, 0.25) is 16.0 Å². The summed E-state index contributed by atoms with van der Waals surface area (Å²) in [6, 6.07) is 1.14. The number of aliphatic hydroxyl groups excluding tert-OH is 1. The summed E-state index contributed by atoms with van der Waals surface area (Å²) in [6.45, 7) is 3.90. The van der Waals surface area contributed by atoms with Gasteiger partial charge in [-0.05, 0) is 27.9 Å². The van der Waals surface area contributed by atoms with E-state index in [-0.39, 0.29) is 33.1 Å². The summed E-state index contributed by atoms with van der Waals surface area (Å²) in [5.74, 6) is 0.891. The molecule has 0 amide bonds. The molecule has 5 N–H and O–H groups in total. The zero-order valence-electron chi connectivity index (χ0n) is 13.3. The van der Waals surface area contributed by atoms with Gasteiger partial charge in [-0.1, -0.05) is 25.4 Å². The Morgan fingerprint density at radius 3 is 2.68 bits per heavy atom. The molecule has 0 saturated carbocycles. The third-order valence-electron chi connectivity index (χ3n) is 3.26. The fourth-order valence-electron chi connectivity index (χ4n) is 1.82. The van der Waals surface area contributed by atoms with Gasteiger partial charge in [0.1, 0.15) is 14.4 Å². The molecule has 0 bridgehead atoms. The maximum atomic E-state index is 11.4. The number of hydrogen-bond donors (Lipinski definition) is 4. The summed E-state index contributed by atoms with van der Waals surface area (Å²) in [4.78, 5) is 8.44. The van der Waals surface area contributed by atoms with Crippen LogP contribution in [0.15, 0.2) is 20.9 Å². The molecule has 0 saturated heterocycles. The third-order valence-corrected chi connectivity index (χ3v) is 6.62. The van der Waals surface area contributed by atoms with Crippen molar-refractivity contribution < 1.29 is 13.5 Å². The Hall–Kier alpha value is -0.980. The number of thiophene rings is 1. The lowest BCUT2D eigenvalue weighted by Crippen LogP contribution is -2.30. The number of aliphatic hydroxyl groups is 1. The Morgan fingerprint density at radius 1 is 1.48 bits per heavy atom. The van der Waals surface area contributed by atoms with Crippen LogP contribution >= 0.6 is 38.9 Å². The number of nitrogens with zero attached hydrogens (tertiary/aromatic N) is 2. The molecule has 1 unspecified atom stereocenters. The SMILES string of the molecule is CC(C)C(CO)Nc1nc(Nc2cc(S(N)(=O)=O)sc2Cl)ncc1Br. The zero-order valence-corrected chi connectivity index (χ0v) is 17.3. The Balaban J connectivity index is 2.27. The van der Waals surface area contributed by atoms with Gasteiger partial charge in [0.15, 0.2) is 0 Å². The monoisotopic (exact) mass is 469 g/mol. The molecule has 2 heterocycles. The van der Waals surface area contributed by atoms with Crippen LogP contribution in [-0.2, 0) is 10.0 Å². The summed E-state index contributed by atoms with van der Waals surface area (Å²) < 4.78 is 23.6. The molecule has 12 heteroatoms. The van der Waals surface area contributed by atoms with E-state index >= 15 is 0 Å². The van der Waals surface area contributed by atoms with Gasteiger partial charge in [0, 0.05) is 6.20 Å². The van der Waals surface area contributed by atoms with Crippen LogP contribution < -0.4 is 15.8 Å².